The zero-order valence-corrected chi connectivity index (χ0v) is 19.0. The highest BCUT2D eigenvalue weighted by Gasteiger charge is 2.51. The van der Waals surface area contributed by atoms with Gasteiger partial charge in [-0.25, -0.2) is 8.42 Å². The molecule has 2 fully saturated rings. The molecule has 1 saturated carbocycles. The average molecular weight is 461 g/mol. The standard InChI is InChI=1S/C23H28N2O6S/c1-29-20-10-9-19(14-21(20)30-2)32(27,28)25-17-7-5-16(6-8-17)23(11-12-23)22(26)24-15-18-4-3-13-31-18/h5-10,14,18,25H,3-4,11-13,15H2,1-2H3,(H,24,26)/t18-/m0/s1. The Morgan fingerprint density at radius 2 is 1.81 bits per heavy atom. The Kier molecular flexibility index (Phi) is 6.30. The number of anilines is 1. The van der Waals surface area contributed by atoms with Gasteiger partial charge in [-0.1, -0.05) is 12.1 Å². The van der Waals surface area contributed by atoms with E-state index in [1.807, 2.05) is 12.1 Å². The van der Waals surface area contributed by atoms with Crippen LogP contribution in [0.1, 0.15) is 31.2 Å². The van der Waals surface area contributed by atoms with Crippen molar-refractivity contribution < 1.29 is 27.4 Å². The molecule has 2 aromatic carbocycles. The van der Waals surface area contributed by atoms with Crippen molar-refractivity contribution in [3.05, 3.63) is 48.0 Å². The molecular weight excluding hydrogens is 432 g/mol. The van der Waals surface area contributed by atoms with E-state index in [-0.39, 0.29) is 16.9 Å². The van der Waals surface area contributed by atoms with E-state index in [0.29, 0.717) is 23.7 Å². The van der Waals surface area contributed by atoms with Gasteiger partial charge in [0.25, 0.3) is 10.0 Å². The lowest BCUT2D eigenvalue weighted by Crippen LogP contribution is -2.39. The van der Waals surface area contributed by atoms with Gasteiger partial charge in [0.2, 0.25) is 5.91 Å². The van der Waals surface area contributed by atoms with E-state index in [0.717, 1.165) is 37.9 Å². The first-order valence-electron chi connectivity index (χ1n) is 10.6. The van der Waals surface area contributed by atoms with Crippen molar-refractivity contribution in [3.8, 4) is 11.5 Å². The highest BCUT2D eigenvalue weighted by atomic mass is 32.2. The lowest BCUT2D eigenvalue weighted by molar-refractivity contribution is -0.124. The molecule has 0 radical (unpaired) electrons. The molecule has 1 aliphatic carbocycles. The maximum atomic E-state index is 12.8. The lowest BCUT2D eigenvalue weighted by Gasteiger charge is -2.18. The van der Waals surface area contributed by atoms with Gasteiger partial charge >= 0.3 is 0 Å². The summed E-state index contributed by atoms with van der Waals surface area (Å²) in [6.45, 7) is 1.29. The molecule has 32 heavy (non-hydrogen) atoms. The summed E-state index contributed by atoms with van der Waals surface area (Å²) in [7, 11) is -0.880. The minimum atomic E-state index is -3.82. The third kappa shape index (κ3) is 4.54. The van der Waals surface area contributed by atoms with Crippen molar-refractivity contribution >= 4 is 21.6 Å². The van der Waals surface area contributed by atoms with Crippen LogP contribution in [0.4, 0.5) is 5.69 Å². The normalized spacial score (nSPS) is 19.2. The van der Waals surface area contributed by atoms with E-state index in [1.54, 1.807) is 18.2 Å². The molecule has 172 valence electrons. The summed E-state index contributed by atoms with van der Waals surface area (Å²) >= 11 is 0. The second-order valence-corrected chi connectivity index (χ2v) is 9.81. The Morgan fingerprint density at radius 1 is 1.09 bits per heavy atom. The number of carbonyl (C=O) groups excluding carboxylic acids is 1. The second kappa shape index (κ2) is 8.99. The van der Waals surface area contributed by atoms with Gasteiger partial charge in [-0.05, 0) is 55.5 Å². The fraction of sp³-hybridized carbons (Fsp3) is 0.435. The van der Waals surface area contributed by atoms with Crippen LogP contribution >= 0.6 is 0 Å². The fourth-order valence-corrected chi connectivity index (χ4v) is 5.08. The monoisotopic (exact) mass is 460 g/mol. The molecule has 9 heteroatoms. The first-order chi connectivity index (χ1) is 15.4. The van der Waals surface area contributed by atoms with Gasteiger partial charge in [0.15, 0.2) is 11.5 Å². The van der Waals surface area contributed by atoms with E-state index in [9.17, 15) is 13.2 Å². The SMILES string of the molecule is COc1ccc(S(=O)(=O)Nc2ccc(C3(C(=O)NC[C@@H]4CCCO4)CC3)cc2)cc1OC. The molecule has 8 nitrogen and oxygen atoms in total. The number of benzene rings is 2. The van der Waals surface area contributed by atoms with E-state index >= 15 is 0 Å². The van der Waals surface area contributed by atoms with Crippen LogP contribution in [0, 0.1) is 0 Å². The molecule has 2 N–H and O–H groups in total. The molecule has 0 spiro atoms. The number of hydrogen-bond donors (Lipinski definition) is 2. The lowest BCUT2D eigenvalue weighted by atomic mass is 9.94. The number of sulfonamides is 1. The minimum Gasteiger partial charge on any atom is -0.493 e. The Labute approximate surface area is 188 Å². The van der Waals surface area contributed by atoms with Crippen molar-refractivity contribution in [2.24, 2.45) is 0 Å². The number of carbonyl (C=O) groups is 1. The van der Waals surface area contributed by atoms with Crippen molar-refractivity contribution in [1.29, 1.82) is 0 Å². The molecule has 1 amide bonds. The van der Waals surface area contributed by atoms with Crippen LogP contribution in [0.15, 0.2) is 47.4 Å². The average Bonchev–Trinajstić information content (AvgIpc) is 3.45. The highest BCUT2D eigenvalue weighted by Crippen LogP contribution is 2.48. The van der Waals surface area contributed by atoms with Crippen molar-refractivity contribution in [2.45, 2.75) is 42.1 Å². The zero-order valence-electron chi connectivity index (χ0n) is 18.2. The number of hydrogen-bond acceptors (Lipinski definition) is 6. The summed E-state index contributed by atoms with van der Waals surface area (Å²) in [5.41, 5.74) is 0.773. The number of rotatable bonds is 9. The molecule has 1 atom stereocenters. The van der Waals surface area contributed by atoms with Gasteiger partial charge in [0.1, 0.15) is 0 Å². The van der Waals surface area contributed by atoms with Gasteiger partial charge in [0, 0.05) is 24.9 Å². The fourth-order valence-electron chi connectivity index (χ4n) is 4.01. The molecule has 4 rings (SSSR count). The zero-order chi connectivity index (χ0) is 22.8. The maximum Gasteiger partial charge on any atom is 0.262 e. The van der Waals surface area contributed by atoms with Crippen molar-refractivity contribution in [2.75, 3.05) is 32.1 Å². The molecule has 0 bridgehead atoms. The molecule has 1 saturated heterocycles. The summed E-state index contributed by atoms with van der Waals surface area (Å²) in [5, 5.41) is 3.02. The molecule has 2 aliphatic rings. The van der Waals surface area contributed by atoms with E-state index in [1.165, 1.54) is 26.4 Å². The highest BCUT2D eigenvalue weighted by molar-refractivity contribution is 7.92. The van der Waals surface area contributed by atoms with Gasteiger partial charge in [-0.15, -0.1) is 0 Å². The Balaban J connectivity index is 1.44. The number of ether oxygens (including phenoxy) is 3. The van der Waals surface area contributed by atoms with Crippen LogP contribution < -0.4 is 19.5 Å². The van der Waals surface area contributed by atoms with Crippen LogP contribution in [-0.4, -0.2) is 47.8 Å². The molecule has 2 aromatic rings. The molecule has 0 unspecified atom stereocenters. The summed E-state index contributed by atoms with van der Waals surface area (Å²) in [6, 6.07) is 11.4. The quantitative estimate of drug-likeness (QED) is 0.597. The second-order valence-electron chi connectivity index (χ2n) is 8.13. The first-order valence-corrected chi connectivity index (χ1v) is 12.1. The predicted molar refractivity (Wildman–Crippen MR) is 120 cm³/mol. The van der Waals surface area contributed by atoms with Gasteiger partial charge < -0.3 is 19.5 Å². The Hall–Kier alpha value is -2.78. The summed E-state index contributed by atoms with van der Waals surface area (Å²) in [6.07, 6.45) is 3.67. The molecule has 1 heterocycles. The molecular formula is C23H28N2O6S. The van der Waals surface area contributed by atoms with Crippen LogP contribution in [0.2, 0.25) is 0 Å². The first kappa shape index (κ1) is 22.4. The third-order valence-electron chi connectivity index (χ3n) is 6.05. The predicted octanol–water partition coefficient (Wildman–Crippen LogP) is 2.83. The van der Waals surface area contributed by atoms with Crippen LogP contribution in [0.5, 0.6) is 11.5 Å². The Morgan fingerprint density at radius 3 is 2.41 bits per heavy atom. The van der Waals surface area contributed by atoms with Crippen LogP contribution in [-0.2, 0) is 25.0 Å². The van der Waals surface area contributed by atoms with Crippen molar-refractivity contribution in [3.63, 3.8) is 0 Å². The van der Waals surface area contributed by atoms with Gasteiger partial charge in [-0.2, -0.15) is 0 Å². The molecule has 1 aliphatic heterocycles. The number of methoxy groups -OCH3 is 2. The largest absolute Gasteiger partial charge is 0.493 e. The van der Waals surface area contributed by atoms with Crippen molar-refractivity contribution in [1.82, 2.24) is 5.32 Å². The summed E-state index contributed by atoms with van der Waals surface area (Å²) in [5.74, 6) is 0.783. The van der Waals surface area contributed by atoms with E-state index < -0.39 is 15.4 Å². The van der Waals surface area contributed by atoms with Gasteiger partial charge in [-0.3, -0.25) is 9.52 Å². The topological polar surface area (TPSA) is 103 Å². The van der Waals surface area contributed by atoms with Gasteiger partial charge in [0.05, 0.1) is 30.6 Å². The smallest absolute Gasteiger partial charge is 0.262 e. The Bertz CT molecular complexity index is 1070. The van der Waals surface area contributed by atoms with Crippen LogP contribution in [0.25, 0.3) is 0 Å². The van der Waals surface area contributed by atoms with Crippen LogP contribution in [0.3, 0.4) is 0 Å². The third-order valence-corrected chi connectivity index (χ3v) is 7.43. The van der Waals surface area contributed by atoms with E-state index in [4.69, 9.17) is 14.2 Å². The number of amides is 1. The molecule has 0 aromatic heterocycles. The summed E-state index contributed by atoms with van der Waals surface area (Å²) in [4.78, 5) is 12.9. The maximum absolute atomic E-state index is 12.8. The number of nitrogens with one attached hydrogen (secondary N) is 2. The van der Waals surface area contributed by atoms with E-state index in [2.05, 4.69) is 10.0 Å². The summed E-state index contributed by atoms with van der Waals surface area (Å²) < 4.78 is 44.1. The minimum absolute atomic E-state index is 0.00617.